The topological polar surface area (TPSA) is 24.5 Å². The third-order valence-electron chi connectivity index (χ3n) is 4.15. The molecule has 3 nitrogen and oxygen atoms in total. The van der Waals surface area contributed by atoms with E-state index in [-0.39, 0.29) is 0 Å². The van der Waals surface area contributed by atoms with Crippen LogP contribution in [0, 0.1) is 0 Å². The minimum absolute atomic E-state index is 0.673. The fraction of sp³-hybridized carbons (Fsp3) is 1.00. The van der Waals surface area contributed by atoms with Gasteiger partial charge in [-0.05, 0) is 25.9 Å². The molecule has 0 amide bonds. The van der Waals surface area contributed by atoms with E-state index in [1.165, 1.54) is 38.5 Å². The van der Waals surface area contributed by atoms with Gasteiger partial charge in [-0.2, -0.15) is 0 Å². The Morgan fingerprint density at radius 2 is 1.83 bits per heavy atom. The molecule has 0 aromatic heterocycles. The maximum atomic E-state index is 5.25. The zero-order valence-electron chi connectivity index (χ0n) is 12.6. The smallest absolute Gasteiger partial charge is 0.0589 e. The third-order valence-corrected chi connectivity index (χ3v) is 4.15. The predicted octanol–water partition coefficient (Wildman–Crippen LogP) is 2.66. The SMILES string of the molecule is CCNC1CCCCCCC1N(CC)CCOC. The molecular formula is C15H32N2O. The van der Waals surface area contributed by atoms with Crippen molar-refractivity contribution in [2.45, 2.75) is 64.5 Å². The molecule has 2 atom stereocenters. The fourth-order valence-corrected chi connectivity index (χ4v) is 3.17. The number of nitrogens with zero attached hydrogens (tertiary/aromatic N) is 1. The fourth-order valence-electron chi connectivity index (χ4n) is 3.17. The highest BCUT2D eigenvalue weighted by Gasteiger charge is 2.26. The first-order chi connectivity index (χ1) is 8.83. The average molecular weight is 256 g/mol. The summed E-state index contributed by atoms with van der Waals surface area (Å²) in [7, 11) is 1.80. The molecule has 0 saturated heterocycles. The van der Waals surface area contributed by atoms with Crippen molar-refractivity contribution in [1.29, 1.82) is 0 Å². The van der Waals surface area contributed by atoms with Crippen molar-refractivity contribution in [3.8, 4) is 0 Å². The zero-order chi connectivity index (χ0) is 13.2. The summed E-state index contributed by atoms with van der Waals surface area (Å²) in [4.78, 5) is 2.61. The normalized spacial score (nSPS) is 26.0. The lowest BCUT2D eigenvalue weighted by molar-refractivity contribution is 0.0949. The van der Waals surface area contributed by atoms with Crippen molar-refractivity contribution in [3.63, 3.8) is 0 Å². The van der Waals surface area contributed by atoms with E-state index in [0.29, 0.717) is 12.1 Å². The van der Waals surface area contributed by atoms with Crippen LogP contribution in [0.3, 0.4) is 0 Å². The molecule has 3 heteroatoms. The average Bonchev–Trinajstić information content (AvgIpc) is 2.36. The number of hydrogen-bond acceptors (Lipinski definition) is 3. The first-order valence-electron chi connectivity index (χ1n) is 7.79. The molecule has 0 radical (unpaired) electrons. The van der Waals surface area contributed by atoms with Crippen molar-refractivity contribution in [3.05, 3.63) is 0 Å². The molecule has 0 heterocycles. The monoisotopic (exact) mass is 256 g/mol. The quantitative estimate of drug-likeness (QED) is 0.758. The van der Waals surface area contributed by atoms with E-state index in [2.05, 4.69) is 24.1 Å². The number of rotatable bonds is 7. The van der Waals surface area contributed by atoms with Crippen LogP contribution in [0.1, 0.15) is 52.4 Å². The van der Waals surface area contributed by atoms with Gasteiger partial charge in [0.05, 0.1) is 6.61 Å². The second-order valence-corrected chi connectivity index (χ2v) is 5.34. The van der Waals surface area contributed by atoms with Crippen molar-refractivity contribution < 1.29 is 4.74 Å². The summed E-state index contributed by atoms with van der Waals surface area (Å²) in [5.74, 6) is 0. The molecule has 0 aliphatic heterocycles. The van der Waals surface area contributed by atoms with Crippen LogP contribution < -0.4 is 5.32 Å². The Morgan fingerprint density at radius 3 is 2.44 bits per heavy atom. The molecule has 1 aliphatic carbocycles. The van der Waals surface area contributed by atoms with Crippen molar-refractivity contribution >= 4 is 0 Å². The molecule has 0 aromatic rings. The van der Waals surface area contributed by atoms with E-state index in [1.807, 2.05) is 0 Å². The summed E-state index contributed by atoms with van der Waals surface area (Å²) in [6.07, 6.45) is 8.28. The van der Waals surface area contributed by atoms with E-state index in [9.17, 15) is 0 Å². The Hall–Kier alpha value is -0.120. The molecule has 18 heavy (non-hydrogen) atoms. The van der Waals surface area contributed by atoms with Gasteiger partial charge >= 0.3 is 0 Å². The molecule has 0 spiro atoms. The van der Waals surface area contributed by atoms with E-state index in [4.69, 9.17) is 4.74 Å². The molecule has 0 aromatic carbocycles. The number of methoxy groups -OCH3 is 1. The van der Waals surface area contributed by atoms with Gasteiger partial charge in [-0.15, -0.1) is 0 Å². The van der Waals surface area contributed by atoms with Crippen LogP contribution in [0.2, 0.25) is 0 Å². The van der Waals surface area contributed by atoms with Crippen molar-refractivity contribution in [2.75, 3.05) is 33.4 Å². The highest BCUT2D eigenvalue weighted by Crippen LogP contribution is 2.22. The molecule has 108 valence electrons. The van der Waals surface area contributed by atoms with E-state index in [0.717, 1.165) is 26.2 Å². The molecule has 2 unspecified atom stereocenters. The molecule has 0 bridgehead atoms. The van der Waals surface area contributed by atoms with Gasteiger partial charge < -0.3 is 10.1 Å². The van der Waals surface area contributed by atoms with Gasteiger partial charge in [0.25, 0.3) is 0 Å². The lowest BCUT2D eigenvalue weighted by Gasteiger charge is -2.38. The summed E-state index contributed by atoms with van der Waals surface area (Å²) < 4.78 is 5.25. The van der Waals surface area contributed by atoms with Crippen molar-refractivity contribution in [1.82, 2.24) is 10.2 Å². The van der Waals surface area contributed by atoms with Gasteiger partial charge in [0, 0.05) is 25.7 Å². The van der Waals surface area contributed by atoms with E-state index in [1.54, 1.807) is 7.11 Å². The number of ether oxygens (including phenoxy) is 1. The first-order valence-corrected chi connectivity index (χ1v) is 7.79. The van der Waals surface area contributed by atoms with Gasteiger partial charge in [-0.25, -0.2) is 0 Å². The summed E-state index contributed by atoms with van der Waals surface area (Å²) in [5, 5.41) is 3.71. The second kappa shape index (κ2) is 9.76. The highest BCUT2D eigenvalue weighted by atomic mass is 16.5. The van der Waals surface area contributed by atoms with Crippen LogP contribution in [0.15, 0.2) is 0 Å². The maximum absolute atomic E-state index is 5.25. The standard InChI is InChI=1S/C15H32N2O/c1-4-16-14-10-8-6-7-9-11-15(14)17(5-2)12-13-18-3/h14-16H,4-13H2,1-3H3. The highest BCUT2D eigenvalue weighted by molar-refractivity contribution is 4.85. The number of nitrogens with one attached hydrogen (secondary N) is 1. The Bertz CT molecular complexity index is 199. The first kappa shape index (κ1) is 15.9. The lowest BCUT2D eigenvalue weighted by Crippen LogP contribution is -2.51. The van der Waals surface area contributed by atoms with E-state index < -0.39 is 0 Å². The third kappa shape index (κ3) is 5.25. The summed E-state index contributed by atoms with van der Waals surface area (Å²) >= 11 is 0. The molecule has 1 N–H and O–H groups in total. The maximum Gasteiger partial charge on any atom is 0.0589 e. The minimum Gasteiger partial charge on any atom is -0.383 e. The lowest BCUT2D eigenvalue weighted by atomic mass is 9.91. The zero-order valence-corrected chi connectivity index (χ0v) is 12.6. The second-order valence-electron chi connectivity index (χ2n) is 5.34. The van der Waals surface area contributed by atoms with Gasteiger partial charge in [0.2, 0.25) is 0 Å². The van der Waals surface area contributed by atoms with Gasteiger partial charge in [-0.3, -0.25) is 4.90 Å². The largest absolute Gasteiger partial charge is 0.383 e. The molecule has 1 saturated carbocycles. The summed E-state index contributed by atoms with van der Waals surface area (Å²) in [6, 6.07) is 1.37. The summed E-state index contributed by atoms with van der Waals surface area (Å²) in [5.41, 5.74) is 0. The molecule has 1 aliphatic rings. The van der Waals surface area contributed by atoms with Crippen molar-refractivity contribution in [2.24, 2.45) is 0 Å². The predicted molar refractivity (Wildman–Crippen MR) is 78.1 cm³/mol. The summed E-state index contributed by atoms with van der Waals surface area (Å²) in [6.45, 7) is 8.64. The Kier molecular flexibility index (Phi) is 8.64. The number of hydrogen-bond donors (Lipinski definition) is 1. The molecular weight excluding hydrogens is 224 g/mol. The van der Waals surface area contributed by atoms with Gasteiger partial charge in [-0.1, -0.05) is 39.5 Å². The van der Waals surface area contributed by atoms with Crippen LogP contribution in [0.5, 0.6) is 0 Å². The molecule has 1 fully saturated rings. The van der Waals surface area contributed by atoms with Crippen LogP contribution in [-0.2, 0) is 4.74 Å². The Morgan fingerprint density at radius 1 is 1.11 bits per heavy atom. The van der Waals surface area contributed by atoms with Crippen LogP contribution in [-0.4, -0.2) is 50.3 Å². The van der Waals surface area contributed by atoms with Gasteiger partial charge in [0.15, 0.2) is 0 Å². The van der Waals surface area contributed by atoms with Crippen LogP contribution in [0.25, 0.3) is 0 Å². The molecule has 1 rings (SSSR count). The van der Waals surface area contributed by atoms with Crippen LogP contribution >= 0.6 is 0 Å². The number of likely N-dealkylation sites (N-methyl/N-ethyl adjacent to an activating group) is 2. The minimum atomic E-state index is 0.673. The van der Waals surface area contributed by atoms with Gasteiger partial charge in [0.1, 0.15) is 0 Å². The Labute approximate surface area is 113 Å². The van der Waals surface area contributed by atoms with Crippen LogP contribution in [0.4, 0.5) is 0 Å². The van der Waals surface area contributed by atoms with E-state index >= 15 is 0 Å². The Balaban J connectivity index is 2.61.